The Labute approximate surface area is 122 Å². The number of benzene rings is 1. The van der Waals surface area contributed by atoms with Crippen LogP contribution in [-0.4, -0.2) is 17.0 Å². The van der Waals surface area contributed by atoms with Gasteiger partial charge in [0.2, 0.25) is 0 Å². The Morgan fingerprint density at radius 3 is 2.47 bits per heavy atom. The van der Waals surface area contributed by atoms with Crippen molar-refractivity contribution in [2.75, 3.05) is 12.4 Å². The standard InChI is InChI=1S/C15H18BrN3/c1-9-5-6-12(7-10(9)2)8-13-18-11(3)14(16)15(17-4)19-13/h5-7H,8H2,1-4H3,(H,17,18,19). The molecular weight excluding hydrogens is 302 g/mol. The first-order valence-electron chi connectivity index (χ1n) is 6.28. The summed E-state index contributed by atoms with van der Waals surface area (Å²) in [6.07, 6.45) is 0.754. The van der Waals surface area contributed by atoms with Crippen molar-refractivity contribution in [3.8, 4) is 0 Å². The van der Waals surface area contributed by atoms with Gasteiger partial charge in [-0.1, -0.05) is 18.2 Å². The lowest BCUT2D eigenvalue weighted by atomic mass is 10.0. The molecule has 4 heteroatoms. The van der Waals surface area contributed by atoms with Gasteiger partial charge in [-0.15, -0.1) is 0 Å². The number of nitrogens with one attached hydrogen (secondary N) is 1. The number of halogens is 1. The molecule has 0 aliphatic rings. The van der Waals surface area contributed by atoms with E-state index in [9.17, 15) is 0 Å². The van der Waals surface area contributed by atoms with E-state index in [1.54, 1.807) is 0 Å². The van der Waals surface area contributed by atoms with Crippen molar-refractivity contribution in [2.45, 2.75) is 27.2 Å². The van der Waals surface area contributed by atoms with Crippen LogP contribution in [0.1, 0.15) is 28.2 Å². The zero-order chi connectivity index (χ0) is 14.0. The first-order chi connectivity index (χ1) is 9.01. The maximum Gasteiger partial charge on any atom is 0.144 e. The summed E-state index contributed by atoms with van der Waals surface area (Å²) < 4.78 is 0.929. The summed E-state index contributed by atoms with van der Waals surface area (Å²) in [6.45, 7) is 6.24. The smallest absolute Gasteiger partial charge is 0.144 e. The highest BCUT2D eigenvalue weighted by molar-refractivity contribution is 9.10. The highest BCUT2D eigenvalue weighted by Gasteiger charge is 2.09. The lowest BCUT2D eigenvalue weighted by molar-refractivity contribution is 0.935. The van der Waals surface area contributed by atoms with Gasteiger partial charge in [0.25, 0.3) is 0 Å². The first-order valence-corrected chi connectivity index (χ1v) is 7.07. The van der Waals surface area contributed by atoms with Crippen LogP contribution < -0.4 is 5.32 Å². The van der Waals surface area contributed by atoms with Crippen molar-refractivity contribution in [3.05, 3.63) is 50.9 Å². The fraction of sp³-hybridized carbons (Fsp3) is 0.333. The Kier molecular flexibility index (Phi) is 4.20. The summed E-state index contributed by atoms with van der Waals surface area (Å²) in [5.74, 6) is 1.68. The maximum absolute atomic E-state index is 4.53. The number of hydrogen-bond acceptors (Lipinski definition) is 3. The summed E-state index contributed by atoms with van der Waals surface area (Å²) >= 11 is 3.49. The number of anilines is 1. The Bertz CT molecular complexity index is 609. The fourth-order valence-electron chi connectivity index (χ4n) is 1.96. The van der Waals surface area contributed by atoms with Crippen molar-refractivity contribution in [1.29, 1.82) is 0 Å². The molecule has 2 rings (SSSR count). The van der Waals surface area contributed by atoms with E-state index >= 15 is 0 Å². The van der Waals surface area contributed by atoms with E-state index in [2.05, 4.69) is 63.3 Å². The number of aromatic nitrogens is 2. The molecule has 1 N–H and O–H groups in total. The molecule has 0 fully saturated rings. The average molecular weight is 320 g/mol. The van der Waals surface area contributed by atoms with E-state index in [0.29, 0.717) is 0 Å². The number of rotatable bonds is 3. The first kappa shape index (κ1) is 14.0. The van der Waals surface area contributed by atoms with Gasteiger partial charge in [-0.2, -0.15) is 0 Å². The van der Waals surface area contributed by atoms with Gasteiger partial charge in [0.1, 0.15) is 11.6 Å². The minimum atomic E-state index is 0.754. The van der Waals surface area contributed by atoms with E-state index in [1.807, 2.05) is 14.0 Å². The molecule has 0 aliphatic carbocycles. The largest absolute Gasteiger partial charge is 0.372 e. The topological polar surface area (TPSA) is 37.8 Å². The minimum absolute atomic E-state index is 0.754. The van der Waals surface area contributed by atoms with E-state index in [0.717, 1.165) is 28.2 Å². The molecule has 0 spiro atoms. The van der Waals surface area contributed by atoms with Gasteiger partial charge in [-0.05, 0) is 53.4 Å². The molecule has 0 saturated heterocycles. The lowest BCUT2D eigenvalue weighted by Crippen LogP contribution is -2.04. The van der Waals surface area contributed by atoms with Crippen LogP contribution in [-0.2, 0) is 6.42 Å². The molecule has 19 heavy (non-hydrogen) atoms. The SMILES string of the molecule is CNc1nc(Cc2ccc(C)c(C)c2)nc(C)c1Br. The molecule has 0 radical (unpaired) electrons. The van der Waals surface area contributed by atoms with Crippen molar-refractivity contribution in [2.24, 2.45) is 0 Å². The van der Waals surface area contributed by atoms with E-state index in [4.69, 9.17) is 0 Å². The minimum Gasteiger partial charge on any atom is -0.372 e. The van der Waals surface area contributed by atoms with Crippen LogP contribution in [0.25, 0.3) is 0 Å². The Hall–Kier alpha value is -1.42. The zero-order valence-electron chi connectivity index (χ0n) is 11.7. The highest BCUT2D eigenvalue weighted by Crippen LogP contribution is 2.23. The molecule has 1 aromatic heterocycles. The van der Waals surface area contributed by atoms with Crippen LogP contribution in [0.3, 0.4) is 0 Å². The van der Waals surface area contributed by atoms with Crippen LogP contribution in [0.5, 0.6) is 0 Å². The summed E-state index contributed by atoms with van der Waals surface area (Å²) in [6, 6.07) is 6.49. The maximum atomic E-state index is 4.53. The third-order valence-electron chi connectivity index (χ3n) is 3.23. The number of hydrogen-bond donors (Lipinski definition) is 1. The normalized spacial score (nSPS) is 10.6. The van der Waals surface area contributed by atoms with Gasteiger partial charge in [-0.3, -0.25) is 0 Å². The second-order valence-electron chi connectivity index (χ2n) is 4.73. The Morgan fingerprint density at radius 2 is 1.84 bits per heavy atom. The van der Waals surface area contributed by atoms with Crippen LogP contribution in [0, 0.1) is 20.8 Å². The molecule has 2 aromatic rings. The summed E-state index contributed by atoms with van der Waals surface area (Å²) in [7, 11) is 1.87. The predicted molar refractivity (Wildman–Crippen MR) is 82.7 cm³/mol. The molecule has 0 bridgehead atoms. The molecule has 3 nitrogen and oxygen atoms in total. The lowest BCUT2D eigenvalue weighted by Gasteiger charge is -2.09. The fourth-order valence-corrected chi connectivity index (χ4v) is 2.33. The molecule has 0 amide bonds. The van der Waals surface area contributed by atoms with Crippen LogP contribution in [0.2, 0.25) is 0 Å². The third-order valence-corrected chi connectivity index (χ3v) is 4.18. The summed E-state index contributed by atoms with van der Waals surface area (Å²) in [5.41, 5.74) is 4.82. The van der Waals surface area contributed by atoms with E-state index in [-0.39, 0.29) is 0 Å². The quantitative estimate of drug-likeness (QED) is 0.935. The summed E-state index contributed by atoms with van der Waals surface area (Å²) in [5, 5.41) is 3.08. The van der Waals surface area contributed by atoms with Crippen molar-refractivity contribution in [3.63, 3.8) is 0 Å². The van der Waals surface area contributed by atoms with Crippen molar-refractivity contribution >= 4 is 21.7 Å². The second-order valence-corrected chi connectivity index (χ2v) is 5.53. The van der Waals surface area contributed by atoms with Crippen LogP contribution in [0.4, 0.5) is 5.82 Å². The van der Waals surface area contributed by atoms with Crippen LogP contribution >= 0.6 is 15.9 Å². The number of nitrogens with zero attached hydrogens (tertiary/aromatic N) is 2. The number of aryl methyl sites for hydroxylation is 3. The molecule has 1 heterocycles. The average Bonchev–Trinajstić information content (AvgIpc) is 2.38. The predicted octanol–water partition coefficient (Wildman–Crippen LogP) is 3.80. The van der Waals surface area contributed by atoms with E-state index in [1.165, 1.54) is 16.7 Å². The van der Waals surface area contributed by atoms with Gasteiger partial charge >= 0.3 is 0 Å². The van der Waals surface area contributed by atoms with Gasteiger partial charge in [0.15, 0.2) is 0 Å². The molecule has 100 valence electrons. The van der Waals surface area contributed by atoms with Crippen LogP contribution in [0.15, 0.2) is 22.7 Å². The Balaban J connectivity index is 2.32. The third kappa shape index (κ3) is 3.13. The monoisotopic (exact) mass is 319 g/mol. The highest BCUT2D eigenvalue weighted by atomic mass is 79.9. The van der Waals surface area contributed by atoms with E-state index < -0.39 is 0 Å². The second kappa shape index (κ2) is 5.70. The van der Waals surface area contributed by atoms with Crippen molar-refractivity contribution in [1.82, 2.24) is 9.97 Å². The molecule has 1 aromatic carbocycles. The summed E-state index contributed by atoms with van der Waals surface area (Å²) in [4.78, 5) is 9.06. The van der Waals surface area contributed by atoms with Gasteiger partial charge in [0.05, 0.1) is 10.2 Å². The molecular formula is C15H18BrN3. The Morgan fingerprint density at radius 1 is 1.11 bits per heavy atom. The molecule has 0 saturated carbocycles. The van der Waals surface area contributed by atoms with Crippen molar-refractivity contribution < 1.29 is 0 Å². The van der Waals surface area contributed by atoms with Gasteiger partial charge in [-0.25, -0.2) is 9.97 Å². The van der Waals surface area contributed by atoms with Gasteiger partial charge < -0.3 is 5.32 Å². The molecule has 0 atom stereocenters. The molecule has 0 aliphatic heterocycles. The van der Waals surface area contributed by atoms with Gasteiger partial charge in [0, 0.05) is 13.5 Å². The molecule has 0 unspecified atom stereocenters. The zero-order valence-corrected chi connectivity index (χ0v) is 13.3.